The first kappa shape index (κ1) is 46.9. The van der Waals surface area contributed by atoms with E-state index in [4.69, 9.17) is 23.7 Å². The molecule has 12 nitrogen and oxygen atoms in total. The number of rotatable bonds is 18. The molecule has 8 unspecified atom stereocenters. The molecule has 8 atom stereocenters. The van der Waals surface area contributed by atoms with E-state index in [1.807, 2.05) is 6.92 Å². The molecule has 1 saturated heterocycles. The fraction of sp³-hybridized carbons (Fsp3) is 0.660. The van der Waals surface area contributed by atoms with Crippen LogP contribution in [0.25, 0.3) is 0 Å². The van der Waals surface area contributed by atoms with Gasteiger partial charge in [0.2, 0.25) is 0 Å². The highest BCUT2D eigenvalue weighted by atomic mass is 19.4. The second-order valence-electron chi connectivity index (χ2n) is 20.9. The van der Waals surface area contributed by atoms with Gasteiger partial charge in [0.15, 0.2) is 13.4 Å². The van der Waals surface area contributed by atoms with E-state index in [0.29, 0.717) is 31.1 Å². The van der Waals surface area contributed by atoms with Crippen LogP contribution in [-0.2, 0) is 42.9 Å². The standard InChI is InChI=1S/C50H61F3O12/c1-6-29(30-7-11-35(54)12-8-30)24-49(5,45(58)62-26-61-39-32-18-27-17-28(20-32)21-33(39)19-27)48(4,46(59)65-40-34-22-37-38(23-34)43(56)64-41(37)40)16-15-47(2,3)44(57)63-36-13-9-31(10-14-36)42(55)60-25-50(51,52)53/h7-14,27-29,32-34,37-41,54H,6,15-26H2,1-5H3. The number of aromatic hydroxyl groups is 1. The Morgan fingerprint density at radius 1 is 0.754 bits per heavy atom. The smallest absolute Gasteiger partial charge is 0.422 e. The van der Waals surface area contributed by atoms with Crippen LogP contribution in [0.3, 0.4) is 0 Å². The van der Waals surface area contributed by atoms with Crippen molar-refractivity contribution in [3.63, 3.8) is 0 Å². The summed E-state index contributed by atoms with van der Waals surface area (Å²) in [5.74, 6) is -1.81. The van der Waals surface area contributed by atoms with E-state index >= 15 is 9.59 Å². The number of carbonyl (C=O) groups excluding carboxylic acids is 5. The molecule has 15 heteroatoms. The largest absolute Gasteiger partial charge is 0.508 e. The minimum atomic E-state index is -4.70. The van der Waals surface area contributed by atoms with E-state index in [2.05, 4.69) is 4.74 Å². The van der Waals surface area contributed by atoms with Gasteiger partial charge in [0.05, 0.1) is 33.8 Å². The second kappa shape index (κ2) is 17.9. The summed E-state index contributed by atoms with van der Waals surface area (Å²) in [6, 6.07) is 11.6. The van der Waals surface area contributed by atoms with Crippen molar-refractivity contribution in [2.45, 2.75) is 136 Å². The number of fused-ring (bicyclic) bond motifs is 1. The predicted octanol–water partition coefficient (Wildman–Crippen LogP) is 9.25. The van der Waals surface area contributed by atoms with Crippen LogP contribution in [0, 0.1) is 57.7 Å². The number of carbonyl (C=O) groups is 5. The lowest BCUT2D eigenvalue weighted by Crippen LogP contribution is -2.54. The number of phenolic OH excluding ortho intramolecular Hbond substituents is 1. The molecule has 7 aliphatic rings. The summed E-state index contributed by atoms with van der Waals surface area (Å²) < 4.78 is 72.7. The minimum absolute atomic E-state index is 0.0134. The zero-order chi connectivity index (χ0) is 46.6. The van der Waals surface area contributed by atoms with Gasteiger partial charge in [0.1, 0.15) is 23.7 Å². The normalized spacial score (nSPS) is 30.8. The van der Waals surface area contributed by atoms with Gasteiger partial charge in [-0.25, -0.2) is 4.79 Å². The molecule has 6 bridgehead atoms. The number of benzene rings is 2. The Morgan fingerprint density at radius 2 is 1.38 bits per heavy atom. The van der Waals surface area contributed by atoms with Gasteiger partial charge in [-0.15, -0.1) is 0 Å². The number of phenols is 1. The average molecular weight is 911 g/mol. The predicted molar refractivity (Wildman–Crippen MR) is 226 cm³/mol. The maximum absolute atomic E-state index is 15.3. The lowest BCUT2D eigenvalue weighted by atomic mass is 9.55. The highest BCUT2D eigenvalue weighted by Gasteiger charge is 2.65. The van der Waals surface area contributed by atoms with Crippen LogP contribution in [0.5, 0.6) is 11.5 Å². The van der Waals surface area contributed by atoms with Crippen molar-refractivity contribution in [1.29, 1.82) is 0 Å². The van der Waals surface area contributed by atoms with Crippen LogP contribution in [0.2, 0.25) is 0 Å². The Bertz CT molecular complexity index is 2090. The highest BCUT2D eigenvalue weighted by molar-refractivity contribution is 5.90. The van der Waals surface area contributed by atoms with Crippen LogP contribution in [-0.4, -0.2) is 72.8 Å². The van der Waals surface area contributed by atoms with Gasteiger partial charge in [-0.3, -0.25) is 19.2 Å². The van der Waals surface area contributed by atoms with Crippen molar-refractivity contribution in [3.8, 4) is 11.5 Å². The molecular formula is C50H61F3O12. The summed E-state index contributed by atoms with van der Waals surface area (Å²) in [6.07, 6.45) is 1.60. The third-order valence-electron chi connectivity index (χ3n) is 16.3. The topological polar surface area (TPSA) is 161 Å². The van der Waals surface area contributed by atoms with Crippen LogP contribution in [0.15, 0.2) is 48.5 Å². The third-order valence-corrected chi connectivity index (χ3v) is 16.3. The molecule has 2 aromatic carbocycles. The molecule has 0 spiro atoms. The van der Waals surface area contributed by atoms with Gasteiger partial charge >= 0.3 is 36.0 Å². The van der Waals surface area contributed by atoms with Gasteiger partial charge in [0, 0.05) is 11.8 Å². The first-order valence-corrected chi connectivity index (χ1v) is 23.2. The summed E-state index contributed by atoms with van der Waals surface area (Å²) in [5, 5.41) is 10.1. The number of ether oxygens (including phenoxy) is 6. The Kier molecular flexibility index (Phi) is 12.9. The zero-order valence-electron chi connectivity index (χ0n) is 37.7. The summed E-state index contributed by atoms with van der Waals surface area (Å²) in [7, 11) is 0. The van der Waals surface area contributed by atoms with Crippen molar-refractivity contribution in [2.24, 2.45) is 57.7 Å². The van der Waals surface area contributed by atoms with Crippen molar-refractivity contribution in [3.05, 3.63) is 59.7 Å². The monoisotopic (exact) mass is 910 g/mol. The molecule has 6 saturated carbocycles. The molecule has 1 heterocycles. The second-order valence-corrected chi connectivity index (χ2v) is 20.9. The fourth-order valence-corrected chi connectivity index (χ4v) is 12.5. The minimum Gasteiger partial charge on any atom is -0.508 e. The number of halogens is 3. The Hall–Kier alpha value is -4.66. The summed E-state index contributed by atoms with van der Waals surface area (Å²) in [4.78, 5) is 69.2. The van der Waals surface area contributed by atoms with Gasteiger partial charge < -0.3 is 33.5 Å². The summed E-state index contributed by atoms with van der Waals surface area (Å²) in [6.45, 7) is 6.60. The van der Waals surface area contributed by atoms with Gasteiger partial charge in [-0.05, 0) is 170 Å². The summed E-state index contributed by atoms with van der Waals surface area (Å²) >= 11 is 0. The van der Waals surface area contributed by atoms with E-state index < -0.39 is 65.1 Å². The molecule has 7 fully saturated rings. The Labute approximate surface area is 377 Å². The first-order valence-electron chi connectivity index (χ1n) is 23.2. The molecule has 354 valence electrons. The maximum Gasteiger partial charge on any atom is 0.422 e. The lowest BCUT2D eigenvalue weighted by Gasteiger charge is -2.53. The third kappa shape index (κ3) is 9.36. The van der Waals surface area contributed by atoms with E-state index in [-0.39, 0.29) is 78.9 Å². The van der Waals surface area contributed by atoms with Crippen LogP contribution >= 0.6 is 0 Å². The quantitative estimate of drug-likeness (QED) is 0.0655. The van der Waals surface area contributed by atoms with E-state index in [1.165, 1.54) is 30.7 Å². The molecule has 1 N–H and O–H groups in total. The fourth-order valence-electron chi connectivity index (χ4n) is 12.5. The number of alkyl halides is 3. The van der Waals surface area contributed by atoms with Crippen molar-refractivity contribution in [1.82, 2.24) is 0 Å². The van der Waals surface area contributed by atoms with Crippen molar-refractivity contribution in [2.75, 3.05) is 13.4 Å². The van der Waals surface area contributed by atoms with E-state index in [9.17, 15) is 32.7 Å². The number of esters is 5. The van der Waals surface area contributed by atoms with Crippen molar-refractivity contribution >= 4 is 29.8 Å². The maximum atomic E-state index is 15.3. The first-order chi connectivity index (χ1) is 30.7. The molecule has 0 aromatic heterocycles. The zero-order valence-corrected chi connectivity index (χ0v) is 37.7. The molecule has 65 heavy (non-hydrogen) atoms. The molecular weight excluding hydrogens is 850 g/mol. The Morgan fingerprint density at radius 3 is 2.00 bits per heavy atom. The molecule has 9 rings (SSSR count). The SMILES string of the molecule is CCC(CC(C)(C(=O)OCOC1C2CC3CC(C2)CC1C3)C(C)(CCC(C)(C)C(=O)Oc1ccc(C(=O)OCC(F)(F)F)cc1)C(=O)OC1C2CC3C(=O)OC1C3C2)c1ccc(O)cc1. The van der Waals surface area contributed by atoms with Crippen LogP contribution in [0.4, 0.5) is 13.2 Å². The number of hydrogen-bond acceptors (Lipinski definition) is 12. The van der Waals surface area contributed by atoms with E-state index in [1.54, 1.807) is 52.0 Å². The van der Waals surface area contributed by atoms with Gasteiger partial charge in [-0.2, -0.15) is 13.2 Å². The summed E-state index contributed by atoms with van der Waals surface area (Å²) in [5.41, 5.74) is -3.88. The lowest BCUT2D eigenvalue weighted by molar-refractivity contribution is -0.206. The molecule has 6 aliphatic carbocycles. The number of hydrogen-bond donors (Lipinski definition) is 1. The van der Waals surface area contributed by atoms with Crippen molar-refractivity contribution < 1.29 is 70.7 Å². The average Bonchev–Trinajstić information content (AvgIpc) is 3.90. The highest BCUT2D eigenvalue weighted by Crippen LogP contribution is 2.58. The van der Waals surface area contributed by atoms with E-state index in [0.717, 1.165) is 43.1 Å². The molecule has 1 aliphatic heterocycles. The van der Waals surface area contributed by atoms with Crippen LogP contribution < -0.4 is 4.74 Å². The van der Waals surface area contributed by atoms with Gasteiger partial charge in [0.25, 0.3) is 0 Å². The molecule has 0 radical (unpaired) electrons. The molecule has 2 aromatic rings. The van der Waals surface area contributed by atoms with Gasteiger partial charge in [-0.1, -0.05) is 19.1 Å². The van der Waals surface area contributed by atoms with Crippen LogP contribution in [0.1, 0.15) is 127 Å². The molecule has 0 amide bonds. The Balaban J connectivity index is 1.06.